The van der Waals surface area contributed by atoms with Gasteiger partial charge in [0, 0.05) is 5.92 Å². The van der Waals surface area contributed by atoms with Crippen molar-refractivity contribution in [1.82, 2.24) is 19.9 Å². The standard InChI is InChI=1S/C17H15FN4O2/c18-12-5-3-10(4-6-12)15-8-22-13(9-23-15)7-14(20-22)17-19-16(21-24-17)11-1-2-11/h3-7,11,15H,1-2,8-9H2/t15-/m0/s1. The third-order valence-electron chi connectivity index (χ3n) is 4.48. The third-order valence-corrected chi connectivity index (χ3v) is 4.48. The Bertz CT molecular complexity index is 882. The fraction of sp³-hybridized carbons (Fsp3) is 0.353. The summed E-state index contributed by atoms with van der Waals surface area (Å²) in [5.74, 6) is 1.43. The Morgan fingerprint density at radius 2 is 2.00 bits per heavy atom. The molecule has 0 amide bonds. The lowest BCUT2D eigenvalue weighted by Gasteiger charge is -2.24. The van der Waals surface area contributed by atoms with Gasteiger partial charge in [0.2, 0.25) is 0 Å². The van der Waals surface area contributed by atoms with E-state index in [1.54, 1.807) is 12.1 Å². The van der Waals surface area contributed by atoms with Crippen molar-refractivity contribution in [3.8, 4) is 11.6 Å². The molecule has 1 aliphatic carbocycles. The first kappa shape index (κ1) is 13.9. The minimum absolute atomic E-state index is 0.143. The molecule has 1 aromatic carbocycles. The largest absolute Gasteiger partial charge is 0.365 e. The molecule has 2 aromatic heterocycles. The molecule has 0 radical (unpaired) electrons. The summed E-state index contributed by atoms with van der Waals surface area (Å²) < 4.78 is 26.2. The molecule has 5 rings (SSSR count). The number of hydrogen-bond acceptors (Lipinski definition) is 5. The summed E-state index contributed by atoms with van der Waals surface area (Å²) in [6, 6.07) is 8.30. The molecule has 3 heterocycles. The van der Waals surface area contributed by atoms with E-state index in [0.717, 1.165) is 29.9 Å². The van der Waals surface area contributed by atoms with Crippen LogP contribution in [0.5, 0.6) is 0 Å². The molecular weight excluding hydrogens is 311 g/mol. The lowest BCUT2D eigenvalue weighted by atomic mass is 10.1. The molecule has 1 fully saturated rings. The van der Waals surface area contributed by atoms with E-state index >= 15 is 0 Å². The van der Waals surface area contributed by atoms with Gasteiger partial charge in [-0.1, -0.05) is 17.3 Å². The van der Waals surface area contributed by atoms with Crippen LogP contribution in [0.1, 0.15) is 41.9 Å². The molecule has 3 aromatic rings. The van der Waals surface area contributed by atoms with Crippen LogP contribution >= 0.6 is 0 Å². The Balaban J connectivity index is 1.40. The van der Waals surface area contributed by atoms with Gasteiger partial charge in [-0.05, 0) is 36.6 Å². The summed E-state index contributed by atoms with van der Waals surface area (Å²) in [4.78, 5) is 4.44. The van der Waals surface area contributed by atoms with Gasteiger partial charge in [-0.2, -0.15) is 10.1 Å². The zero-order chi connectivity index (χ0) is 16.1. The molecule has 1 aliphatic heterocycles. The van der Waals surface area contributed by atoms with Crippen molar-refractivity contribution in [2.45, 2.75) is 38.0 Å². The molecule has 0 bridgehead atoms. The SMILES string of the molecule is Fc1ccc([C@@H]2Cn3nc(-c4nc(C5CC5)no4)cc3CO2)cc1. The van der Waals surface area contributed by atoms with E-state index in [0.29, 0.717) is 30.7 Å². The van der Waals surface area contributed by atoms with Crippen LogP contribution in [-0.4, -0.2) is 19.9 Å². The lowest BCUT2D eigenvalue weighted by molar-refractivity contribution is -0.00116. The van der Waals surface area contributed by atoms with Crippen LogP contribution < -0.4 is 0 Å². The van der Waals surface area contributed by atoms with Gasteiger partial charge in [0.1, 0.15) is 11.9 Å². The van der Waals surface area contributed by atoms with E-state index in [1.165, 1.54) is 12.1 Å². The third kappa shape index (κ3) is 2.41. The van der Waals surface area contributed by atoms with Crippen molar-refractivity contribution in [3.63, 3.8) is 0 Å². The van der Waals surface area contributed by atoms with Crippen LogP contribution in [0, 0.1) is 5.82 Å². The number of rotatable bonds is 3. The number of hydrogen-bond donors (Lipinski definition) is 0. The number of fused-ring (bicyclic) bond motifs is 1. The van der Waals surface area contributed by atoms with Crippen molar-refractivity contribution in [2.75, 3.05) is 0 Å². The van der Waals surface area contributed by atoms with E-state index in [-0.39, 0.29) is 11.9 Å². The Kier molecular flexibility index (Phi) is 3.02. The number of benzene rings is 1. The van der Waals surface area contributed by atoms with Gasteiger partial charge in [-0.15, -0.1) is 0 Å². The first-order valence-corrected chi connectivity index (χ1v) is 8.04. The highest BCUT2D eigenvalue weighted by Gasteiger charge is 2.30. The maximum Gasteiger partial charge on any atom is 0.278 e. The first-order valence-electron chi connectivity index (χ1n) is 8.04. The maximum atomic E-state index is 13.1. The second kappa shape index (κ2) is 5.24. The van der Waals surface area contributed by atoms with Gasteiger partial charge >= 0.3 is 0 Å². The van der Waals surface area contributed by atoms with Crippen molar-refractivity contribution < 1.29 is 13.7 Å². The van der Waals surface area contributed by atoms with Crippen molar-refractivity contribution in [1.29, 1.82) is 0 Å². The van der Waals surface area contributed by atoms with Crippen molar-refractivity contribution >= 4 is 0 Å². The molecule has 122 valence electrons. The Morgan fingerprint density at radius 3 is 2.79 bits per heavy atom. The molecule has 24 heavy (non-hydrogen) atoms. The van der Waals surface area contributed by atoms with Gasteiger partial charge in [0.15, 0.2) is 11.5 Å². The Labute approximate surface area is 137 Å². The van der Waals surface area contributed by atoms with Crippen molar-refractivity contribution in [3.05, 3.63) is 53.2 Å². The molecule has 0 saturated heterocycles. The summed E-state index contributed by atoms with van der Waals surface area (Å²) in [6.07, 6.45) is 2.12. The Hall–Kier alpha value is -2.54. The minimum Gasteiger partial charge on any atom is -0.365 e. The topological polar surface area (TPSA) is 66.0 Å². The summed E-state index contributed by atoms with van der Waals surface area (Å²) in [7, 11) is 0. The number of ether oxygens (including phenoxy) is 1. The first-order chi connectivity index (χ1) is 11.8. The summed E-state index contributed by atoms with van der Waals surface area (Å²) in [5, 5.41) is 8.60. The smallest absolute Gasteiger partial charge is 0.278 e. The molecular formula is C17H15FN4O2. The van der Waals surface area contributed by atoms with Gasteiger partial charge < -0.3 is 9.26 Å². The molecule has 0 unspecified atom stereocenters. The van der Waals surface area contributed by atoms with Crippen molar-refractivity contribution in [2.24, 2.45) is 0 Å². The molecule has 1 atom stereocenters. The van der Waals surface area contributed by atoms with Crippen LogP contribution in [-0.2, 0) is 17.9 Å². The monoisotopic (exact) mass is 326 g/mol. The molecule has 0 spiro atoms. The predicted molar refractivity (Wildman–Crippen MR) is 81.4 cm³/mol. The van der Waals surface area contributed by atoms with Crippen LogP contribution in [0.15, 0.2) is 34.9 Å². The molecule has 0 N–H and O–H groups in total. The summed E-state index contributed by atoms with van der Waals surface area (Å²) >= 11 is 0. The van der Waals surface area contributed by atoms with Crippen LogP contribution in [0.25, 0.3) is 11.6 Å². The normalized spacial score (nSPS) is 20.1. The maximum absolute atomic E-state index is 13.1. The van der Waals surface area contributed by atoms with Crippen LogP contribution in [0.3, 0.4) is 0 Å². The fourth-order valence-corrected chi connectivity index (χ4v) is 2.96. The van der Waals surface area contributed by atoms with E-state index in [9.17, 15) is 4.39 Å². The van der Waals surface area contributed by atoms with Gasteiger partial charge in [-0.3, -0.25) is 4.68 Å². The number of aromatic nitrogens is 4. The van der Waals surface area contributed by atoms with E-state index in [1.807, 2.05) is 10.7 Å². The van der Waals surface area contributed by atoms with E-state index < -0.39 is 0 Å². The average Bonchev–Trinajstić information content (AvgIpc) is 3.18. The molecule has 2 aliphatic rings. The molecule has 1 saturated carbocycles. The van der Waals surface area contributed by atoms with Gasteiger partial charge in [-0.25, -0.2) is 4.39 Å². The highest BCUT2D eigenvalue weighted by molar-refractivity contribution is 5.47. The second-order valence-electron chi connectivity index (χ2n) is 6.29. The highest BCUT2D eigenvalue weighted by Crippen LogP contribution is 2.39. The van der Waals surface area contributed by atoms with E-state index in [2.05, 4.69) is 15.2 Å². The Morgan fingerprint density at radius 1 is 1.17 bits per heavy atom. The second-order valence-corrected chi connectivity index (χ2v) is 6.29. The molecule has 7 heteroatoms. The number of nitrogens with zero attached hydrogens (tertiary/aromatic N) is 4. The zero-order valence-electron chi connectivity index (χ0n) is 12.9. The zero-order valence-corrected chi connectivity index (χ0v) is 12.9. The van der Waals surface area contributed by atoms with Crippen LogP contribution in [0.4, 0.5) is 4.39 Å². The van der Waals surface area contributed by atoms with E-state index in [4.69, 9.17) is 9.26 Å². The summed E-state index contributed by atoms with van der Waals surface area (Å²) in [6.45, 7) is 1.02. The molecule has 6 nitrogen and oxygen atoms in total. The van der Waals surface area contributed by atoms with Crippen LogP contribution in [0.2, 0.25) is 0 Å². The average molecular weight is 326 g/mol. The highest BCUT2D eigenvalue weighted by atomic mass is 19.1. The lowest BCUT2D eigenvalue weighted by Crippen LogP contribution is -2.21. The van der Waals surface area contributed by atoms with Gasteiger partial charge in [0.25, 0.3) is 5.89 Å². The quantitative estimate of drug-likeness (QED) is 0.739. The van der Waals surface area contributed by atoms with Gasteiger partial charge in [0.05, 0.1) is 18.8 Å². The minimum atomic E-state index is -0.250. The predicted octanol–water partition coefficient (Wildman–Crippen LogP) is 3.22. The summed E-state index contributed by atoms with van der Waals surface area (Å²) in [5.41, 5.74) is 2.58. The fourth-order valence-electron chi connectivity index (χ4n) is 2.96. The number of halogens is 1.